The summed E-state index contributed by atoms with van der Waals surface area (Å²) >= 11 is 2.45. The number of alkyl halides is 2. The van der Waals surface area contributed by atoms with Gasteiger partial charge in [-0.3, -0.25) is 4.79 Å². The zero-order valence-electron chi connectivity index (χ0n) is 15.7. The molecule has 0 fully saturated rings. The summed E-state index contributed by atoms with van der Waals surface area (Å²) in [6.07, 6.45) is 0. The third kappa shape index (κ3) is 4.70. The molecule has 0 N–H and O–H groups in total. The second kappa shape index (κ2) is 8.83. The monoisotopic (exact) mass is 438 g/mol. The number of esters is 1. The summed E-state index contributed by atoms with van der Waals surface area (Å²) in [5.74, 6) is -0.0331. The molecule has 10 heteroatoms. The standard InChI is InChI=1S/C19H16F2N2O4S2/c1-9-14-16(22-10(2)23-17(14)29-15(9)18(25)26-3)28-8-13(24)11-4-6-12(7-5-11)27-19(20)21/h4-7,19H,8H2,1-3H3. The van der Waals surface area contributed by atoms with Gasteiger partial charge in [-0.15, -0.1) is 11.3 Å². The van der Waals surface area contributed by atoms with E-state index < -0.39 is 12.6 Å². The molecule has 2 aromatic heterocycles. The number of nitrogens with zero attached hydrogens (tertiary/aromatic N) is 2. The molecule has 6 nitrogen and oxygen atoms in total. The van der Waals surface area contributed by atoms with Crippen molar-refractivity contribution in [2.45, 2.75) is 25.5 Å². The number of aromatic nitrogens is 2. The maximum atomic E-state index is 12.5. The topological polar surface area (TPSA) is 78.4 Å². The molecule has 3 aromatic rings. The summed E-state index contributed by atoms with van der Waals surface area (Å²) in [5, 5.41) is 1.32. The number of fused-ring (bicyclic) bond motifs is 1. The SMILES string of the molecule is COC(=O)c1sc2nc(C)nc(SCC(=O)c3ccc(OC(F)F)cc3)c2c1C. The first-order valence-electron chi connectivity index (χ1n) is 8.37. The van der Waals surface area contributed by atoms with Gasteiger partial charge in [0, 0.05) is 10.9 Å². The largest absolute Gasteiger partial charge is 0.465 e. The van der Waals surface area contributed by atoms with Crippen molar-refractivity contribution in [2.24, 2.45) is 0 Å². The van der Waals surface area contributed by atoms with Crippen LogP contribution in [-0.4, -0.2) is 41.2 Å². The third-order valence-electron chi connectivity index (χ3n) is 3.98. The average molecular weight is 438 g/mol. The molecule has 152 valence electrons. The Balaban J connectivity index is 1.82. The molecule has 0 unspecified atom stereocenters. The van der Waals surface area contributed by atoms with E-state index in [0.29, 0.717) is 31.7 Å². The lowest BCUT2D eigenvalue weighted by Crippen LogP contribution is -2.05. The van der Waals surface area contributed by atoms with Crippen LogP contribution in [0.25, 0.3) is 10.2 Å². The van der Waals surface area contributed by atoms with E-state index in [1.54, 1.807) is 13.8 Å². The van der Waals surface area contributed by atoms with Crippen molar-refractivity contribution in [3.63, 3.8) is 0 Å². The van der Waals surface area contributed by atoms with Crippen LogP contribution in [-0.2, 0) is 4.74 Å². The zero-order chi connectivity index (χ0) is 21.1. The van der Waals surface area contributed by atoms with Crippen molar-refractivity contribution in [3.05, 3.63) is 46.1 Å². The molecule has 0 saturated heterocycles. The lowest BCUT2D eigenvalue weighted by molar-refractivity contribution is -0.0498. The van der Waals surface area contributed by atoms with Gasteiger partial charge in [-0.1, -0.05) is 11.8 Å². The molecular formula is C19H16F2N2O4S2. The molecule has 1 aromatic carbocycles. The normalized spacial score (nSPS) is 11.1. The summed E-state index contributed by atoms with van der Waals surface area (Å²) in [6.45, 7) is 0.608. The number of thiophene rings is 1. The molecule has 0 atom stereocenters. The van der Waals surface area contributed by atoms with Crippen LogP contribution in [0.15, 0.2) is 29.3 Å². The van der Waals surface area contributed by atoms with Gasteiger partial charge in [-0.05, 0) is 43.7 Å². The first-order valence-corrected chi connectivity index (χ1v) is 10.2. The van der Waals surface area contributed by atoms with E-state index in [4.69, 9.17) is 4.74 Å². The van der Waals surface area contributed by atoms with Crippen LogP contribution in [0.3, 0.4) is 0 Å². The molecule has 0 radical (unpaired) electrons. The van der Waals surface area contributed by atoms with Crippen molar-refractivity contribution in [1.29, 1.82) is 0 Å². The van der Waals surface area contributed by atoms with E-state index in [0.717, 1.165) is 5.39 Å². The summed E-state index contributed by atoms with van der Waals surface area (Å²) in [4.78, 5) is 34.4. The van der Waals surface area contributed by atoms with Crippen molar-refractivity contribution < 1.29 is 27.8 Å². The number of methoxy groups -OCH3 is 1. The van der Waals surface area contributed by atoms with Crippen molar-refractivity contribution in [3.8, 4) is 5.75 Å². The lowest BCUT2D eigenvalue weighted by Gasteiger charge is -2.07. The fraction of sp³-hybridized carbons (Fsp3) is 0.263. The van der Waals surface area contributed by atoms with E-state index in [-0.39, 0.29) is 17.3 Å². The Morgan fingerprint density at radius 3 is 2.48 bits per heavy atom. The second-order valence-corrected chi connectivity index (χ2v) is 7.88. The fourth-order valence-electron chi connectivity index (χ4n) is 2.64. The molecule has 2 heterocycles. The Bertz CT molecular complexity index is 1070. The van der Waals surface area contributed by atoms with Gasteiger partial charge in [-0.2, -0.15) is 8.78 Å². The van der Waals surface area contributed by atoms with Crippen LogP contribution >= 0.6 is 23.1 Å². The number of halogens is 2. The first kappa shape index (κ1) is 21.1. The van der Waals surface area contributed by atoms with Gasteiger partial charge in [-0.25, -0.2) is 14.8 Å². The predicted molar refractivity (Wildman–Crippen MR) is 106 cm³/mol. The van der Waals surface area contributed by atoms with Crippen molar-refractivity contribution in [1.82, 2.24) is 9.97 Å². The number of thioether (sulfide) groups is 1. The van der Waals surface area contributed by atoms with E-state index in [2.05, 4.69) is 14.7 Å². The molecule has 0 bridgehead atoms. The van der Waals surface area contributed by atoms with Gasteiger partial charge < -0.3 is 9.47 Å². The minimum absolute atomic E-state index is 0.0124. The maximum absolute atomic E-state index is 12.5. The molecule has 3 rings (SSSR count). The number of ketones is 1. The van der Waals surface area contributed by atoms with E-state index >= 15 is 0 Å². The summed E-state index contributed by atoms with van der Waals surface area (Å²) in [5.41, 5.74) is 1.08. The fourth-order valence-corrected chi connectivity index (χ4v) is 4.87. The molecule has 0 aliphatic heterocycles. The van der Waals surface area contributed by atoms with Crippen LogP contribution in [0.5, 0.6) is 5.75 Å². The summed E-state index contributed by atoms with van der Waals surface area (Å²) in [6, 6.07) is 5.52. The van der Waals surface area contributed by atoms with E-state index in [1.165, 1.54) is 54.5 Å². The van der Waals surface area contributed by atoms with E-state index in [9.17, 15) is 18.4 Å². The maximum Gasteiger partial charge on any atom is 0.387 e. The van der Waals surface area contributed by atoms with Gasteiger partial charge in [0.15, 0.2) is 5.78 Å². The highest BCUT2D eigenvalue weighted by molar-refractivity contribution is 8.00. The highest BCUT2D eigenvalue weighted by Gasteiger charge is 2.21. The Morgan fingerprint density at radius 1 is 1.17 bits per heavy atom. The summed E-state index contributed by atoms with van der Waals surface area (Å²) in [7, 11) is 1.31. The van der Waals surface area contributed by atoms with Gasteiger partial charge in [0.1, 0.15) is 26.3 Å². The molecular weight excluding hydrogens is 422 g/mol. The van der Waals surface area contributed by atoms with Gasteiger partial charge in [0.25, 0.3) is 0 Å². The van der Waals surface area contributed by atoms with Crippen LogP contribution in [0.1, 0.15) is 31.4 Å². The Hall–Kier alpha value is -2.59. The highest BCUT2D eigenvalue weighted by atomic mass is 32.2. The van der Waals surface area contributed by atoms with Gasteiger partial charge >= 0.3 is 12.6 Å². The lowest BCUT2D eigenvalue weighted by atomic mass is 10.1. The molecule has 0 saturated carbocycles. The van der Waals surface area contributed by atoms with Crippen molar-refractivity contribution in [2.75, 3.05) is 12.9 Å². The quantitative estimate of drug-likeness (QED) is 0.230. The Labute approximate surface area is 173 Å². The molecule has 0 spiro atoms. The van der Waals surface area contributed by atoms with Gasteiger partial charge in [0.2, 0.25) is 0 Å². The molecule has 29 heavy (non-hydrogen) atoms. The van der Waals surface area contributed by atoms with Crippen LogP contribution < -0.4 is 4.74 Å². The number of ether oxygens (including phenoxy) is 2. The smallest absolute Gasteiger partial charge is 0.387 e. The number of hydrogen-bond acceptors (Lipinski definition) is 8. The number of Topliss-reactive ketones (excluding diaryl/α,β-unsaturated/α-hetero) is 1. The number of rotatable bonds is 7. The average Bonchev–Trinajstić information content (AvgIpc) is 3.01. The number of benzene rings is 1. The minimum Gasteiger partial charge on any atom is -0.465 e. The first-order chi connectivity index (χ1) is 13.8. The molecule has 0 aliphatic carbocycles. The Morgan fingerprint density at radius 2 is 1.86 bits per heavy atom. The minimum atomic E-state index is -2.92. The van der Waals surface area contributed by atoms with Crippen molar-refractivity contribution >= 4 is 45.1 Å². The number of aryl methyl sites for hydroxylation is 2. The number of hydrogen-bond donors (Lipinski definition) is 0. The number of carbonyl (C=O) groups is 2. The predicted octanol–water partition coefficient (Wildman–Crippen LogP) is 4.67. The molecule has 0 amide bonds. The zero-order valence-corrected chi connectivity index (χ0v) is 17.3. The highest BCUT2D eigenvalue weighted by Crippen LogP contribution is 2.36. The van der Waals surface area contributed by atoms with Crippen LogP contribution in [0.4, 0.5) is 8.78 Å². The summed E-state index contributed by atoms with van der Waals surface area (Å²) < 4.78 is 33.5. The number of carbonyl (C=O) groups excluding carboxylic acids is 2. The third-order valence-corrected chi connectivity index (χ3v) is 6.12. The van der Waals surface area contributed by atoms with Crippen LogP contribution in [0.2, 0.25) is 0 Å². The Kier molecular flexibility index (Phi) is 6.43. The van der Waals surface area contributed by atoms with Gasteiger partial charge in [0.05, 0.1) is 12.9 Å². The second-order valence-electron chi connectivity index (χ2n) is 5.92. The van der Waals surface area contributed by atoms with Crippen LogP contribution in [0, 0.1) is 13.8 Å². The molecule has 0 aliphatic rings. The van der Waals surface area contributed by atoms with E-state index in [1.807, 2.05) is 0 Å².